The van der Waals surface area contributed by atoms with Gasteiger partial charge in [-0.3, -0.25) is 4.79 Å². The van der Waals surface area contributed by atoms with E-state index in [4.69, 9.17) is 0 Å². The van der Waals surface area contributed by atoms with Crippen molar-refractivity contribution in [2.24, 2.45) is 0 Å². The molecule has 1 saturated heterocycles. The Balaban J connectivity index is 1.72. The highest BCUT2D eigenvalue weighted by Crippen LogP contribution is 2.18. The van der Waals surface area contributed by atoms with Gasteiger partial charge in [0.25, 0.3) is 5.91 Å². The Kier molecular flexibility index (Phi) is 5.28. The zero-order valence-corrected chi connectivity index (χ0v) is 15.1. The molecule has 1 amide bonds. The highest BCUT2D eigenvalue weighted by atomic mass is 16.1. The third-order valence-corrected chi connectivity index (χ3v) is 4.62. The largest absolute Gasteiger partial charge is 0.338 e. The van der Waals surface area contributed by atoms with Gasteiger partial charge in [0.15, 0.2) is 0 Å². The molecule has 0 radical (unpaired) electrons. The predicted molar refractivity (Wildman–Crippen MR) is 100 cm³/mol. The Morgan fingerprint density at radius 2 is 1.92 bits per heavy atom. The SMILES string of the molecule is CCN1CCN(c2nccc(C(=O)Nc3cc(C)ccc3C)n2)CC1. The monoisotopic (exact) mass is 339 g/mol. The molecule has 3 rings (SSSR count). The summed E-state index contributed by atoms with van der Waals surface area (Å²) in [6.45, 7) is 11.0. The van der Waals surface area contributed by atoms with Gasteiger partial charge in [0, 0.05) is 38.1 Å². The molecule has 0 spiro atoms. The molecule has 0 aliphatic carbocycles. The molecule has 0 bridgehead atoms. The third-order valence-electron chi connectivity index (χ3n) is 4.62. The van der Waals surface area contributed by atoms with Gasteiger partial charge in [-0.2, -0.15) is 0 Å². The van der Waals surface area contributed by atoms with Crippen LogP contribution in [0.15, 0.2) is 30.5 Å². The predicted octanol–water partition coefficient (Wildman–Crippen LogP) is 2.49. The summed E-state index contributed by atoms with van der Waals surface area (Å²) in [5.74, 6) is 0.425. The highest BCUT2D eigenvalue weighted by molar-refractivity contribution is 6.03. The van der Waals surface area contributed by atoms with E-state index in [-0.39, 0.29) is 5.91 Å². The van der Waals surface area contributed by atoms with E-state index in [1.807, 2.05) is 32.0 Å². The van der Waals surface area contributed by atoms with Crippen molar-refractivity contribution in [2.45, 2.75) is 20.8 Å². The van der Waals surface area contributed by atoms with Crippen LogP contribution in [-0.4, -0.2) is 53.5 Å². The van der Waals surface area contributed by atoms with Crippen molar-refractivity contribution in [1.82, 2.24) is 14.9 Å². The van der Waals surface area contributed by atoms with Gasteiger partial charge in [-0.05, 0) is 43.7 Å². The molecule has 1 aliphatic rings. The minimum atomic E-state index is -0.204. The van der Waals surface area contributed by atoms with E-state index < -0.39 is 0 Å². The zero-order valence-electron chi connectivity index (χ0n) is 15.1. The van der Waals surface area contributed by atoms with Gasteiger partial charge in [-0.1, -0.05) is 19.1 Å². The lowest BCUT2D eigenvalue weighted by molar-refractivity contribution is 0.102. The van der Waals surface area contributed by atoms with Crippen molar-refractivity contribution in [3.8, 4) is 0 Å². The number of nitrogens with one attached hydrogen (secondary N) is 1. The Labute approximate surface area is 148 Å². The molecule has 0 unspecified atom stereocenters. The van der Waals surface area contributed by atoms with Crippen molar-refractivity contribution >= 4 is 17.5 Å². The van der Waals surface area contributed by atoms with Crippen molar-refractivity contribution in [1.29, 1.82) is 0 Å². The second kappa shape index (κ2) is 7.61. The minimum absolute atomic E-state index is 0.204. The maximum atomic E-state index is 12.6. The number of carbonyl (C=O) groups excluding carboxylic acids is 1. The Hall–Kier alpha value is -2.47. The first-order valence-electron chi connectivity index (χ1n) is 8.76. The van der Waals surface area contributed by atoms with E-state index in [0.717, 1.165) is 49.5 Å². The van der Waals surface area contributed by atoms with Gasteiger partial charge < -0.3 is 15.1 Å². The molecule has 132 valence electrons. The molecular weight excluding hydrogens is 314 g/mol. The Morgan fingerprint density at radius 1 is 1.16 bits per heavy atom. The van der Waals surface area contributed by atoms with Crippen LogP contribution in [0.25, 0.3) is 0 Å². The number of amides is 1. The van der Waals surface area contributed by atoms with E-state index in [1.165, 1.54) is 0 Å². The van der Waals surface area contributed by atoms with Gasteiger partial charge in [0.2, 0.25) is 5.95 Å². The van der Waals surface area contributed by atoms with Crippen LogP contribution in [0.2, 0.25) is 0 Å². The smallest absolute Gasteiger partial charge is 0.274 e. The molecule has 1 aliphatic heterocycles. The molecule has 1 aromatic carbocycles. The minimum Gasteiger partial charge on any atom is -0.338 e. The fourth-order valence-corrected chi connectivity index (χ4v) is 2.95. The van der Waals surface area contributed by atoms with Crippen LogP contribution in [0.1, 0.15) is 28.5 Å². The van der Waals surface area contributed by atoms with Gasteiger partial charge in [-0.15, -0.1) is 0 Å². The van der Waals surface area contributed by atoms with Gasteiger partial charge in [-0.25, -0.2) is 9.97 Å². The number of anilines is 2. The van der Waals surface area contributed by atoms with E-state index in [0.29, 0.717) is 11.6 Å². The molecule has 6 nitrogen and oxygen atoms in total. The van der Waals surface area contributed by atoms with E-state index >= 15 is 0 Å². The van der Waals surface area contributed by atoms with Crippen molar-refractivity contribution in [3.63, 3.8) is 0 Å². The number of rotatable bonds is 4. The van der Waals surface area contributed by atoms with Gasteiger partial charge in [0.05, 0.1) is 0 Å². The molecule has 1 N–H and O–H groups in total. The summed E-state index contributed by atoms with van der Waals surface area (Å²) in [5.41, 5.74) is 3.35. The number of aryl methyl sites for hydroxylation is 2. The summed E-state index contributed by atoms with van der Waals surface area (Å²) in [7, 11) is 0. The molecule has 2 heterocycles. The quantitative estimate of drug-likeness (QED) is 0.927. The van der Waals surface area contributed by atoms with Crippen LogP contribution in [0.5, 0.6) is 0 Å². The first-order chi connectivity index (χ1) is 12.1. The lowest BCUT2D eigenvalue weighted by Crippen LogP contribution is -2.46. The maximum Gasteiger partial charge on any atom is 0.274 e. The van der Waals surface area contributed by atoms with Crippen LogP contribution in [0, 0.1) is 13.8 Å². The van der Waals surface area contributed by atoms with Gasteiger partial charge >= 0.3 is 0 Å². The molecule has 0 saturated carbocycles. The zero-order chi connectivity index (χ0) is 17.8. The van der Waals surface area contributed by atoms with E-state index in [1.54, 1.807) is 12.3 Å². The van der Waals surface area contributed by atoms with Crippen molar-refractivity contribution in [2.75, 3.05) is 42.9 Å². The Bertz CT molecular complexity index is 753. The number of aromatic nitrogens is 2. The summed E-state index contributed by atoms with van der Waals surface area (Å²) < 4.78 is 0. The molecule has 6 heteroatoms. The summed E-state index contributed by atoms with van der Waals surface area (Å²) in [5, 5.41) is 2.96. The first-order valence-corrected chi connectivity index (χ1v) is 8.76. The normalized spacial score (nSPS) is 15.2. The molecule has 0 atom stereocenters. The highest BCUT2D eigenvalue weighted by Gasteiger charge is 2.19. The second-order valence-corrected chi connectivity index (χ2v) is 6.44. The summed E-state index contributed by atoms with van der Waals surface area (Å²) in [4.78, 5) is 26.0. The van der Waals surface area contributed by atoms with Crippen molar-refractivity contribution < 1.29 is 4.79 Å². The first kappa shape index (κ1) is 17.4. The molecular formula is C19H25N5O. The number of hydrogen-bond acceptors (Lipinski definition) is 5. The number of piperazine rings is 1. The van der Waals surface area contributed by atoms with Crippen LogP contribution < -0.4 is 10.2 Å². The number of carbonyl (C=O) groups is 1. The fraction of sp³-hybridized carbons (Fsp3) is 0.421. The molecule has 2 aromatic rings. The average Bonchev–Trinajstić information content (AvgIpc) is 2.65. The molecule has 1 aromatic heterocycles. The number of hydrogen-bond donors (Lipinski definition) is 1. The second-order valence-electron chi connectivity index (χ2n) is 6.44. The number of benzene rings is 1. The van der Waals surface area contributed by atoms with Gasteiger partial charge in [0.1, 0.15) is 5.69 Å². The van der Waals surface area contributed by atoms with E-state index in [2.05, 4.69) is 32.0 Å². The number of likely N-dealkylation sites (N-methyl/N-ethyl adjacent to an activating group) is 1. The lowest BCUT2D eigenvalue weighted by atomic mass is 10.1. The number of nitrogens with zero attached hydrogens (tertiary/aromatic N) is 4. The molecule has 25 heavy (non-hydrogen) atoms. The van der Waals surface area contributed by atoms with Crippen LogP contribution in [0.3, 0.4) is 0 Å². The van der Waals surface area contributed by atoms with Crippen LogP contribution in [-0.2, 0) is 0 Å². The lowest BCUT2D eigenvalue weighted by Gasteiger charge is -2.34. The summed E-state index contributed by atoms with van der Waals surface area (Å²) in [6, 6.07) is 7.67. The van der Waals surface area contributed by atoms with Crippen LogP contribution >= 0.6 is 0 Å². The standard InChI is InChI=1S/C19H25N5O/c1-4-23-9-11-24(12-10-23)19-20-8-7-16(22-19)18(25)21-17-13-14(2)5-6-15(17)3/h5-8,13H,4,9-12H2,1-3H3,(H,21,25). The Morgan fingerprint density at radius 3 is 2.64 bits per heavy atom. The average molecular weight is 339 g/mol. The van der Waals surface area contributed by atoms with E-state index in [9.17, 15) is 4.79 Å². The fourth-order valence-electron chi connectivity index (χ4n) is 2.95. The summed E-state index contributed by atoms with van der Waals surface area (Å²) in [6.07, 6.45) is 1.66. The third kappa shape index (κ3) is 4.14. The van der Waals surface area contributed by atoms with Crippen LogP contribution in [0.4, 0.5) is 11.6 Å². The van der Waals surface area contributed by atoms with Crippen molar-refractivity contribution in [3.05, 3.63) is 47.3 Å². The maximum absolute atomic E-state index is 12.6. The summed E-state index contributed by atoms with van der Waals surface area (Å²) >= 11 is 0. The topological polar surface area (TPSA) is 61.4 Å². The molecule has 1 fully saturated rings.